The van der Waals surface area contributed by atoms with E-state index in [2.05, 4.69) is 20.1 Å². The summed E-state index contributed by atoms with van der Waals surface area (Å²) in [5.41, 5.74) is 14.4. The molecular formula is C13H21N6O7P. The van der Waals surface area contributed by atoms with Crippen LogP contribution in [0.25, 0.3) is 11.2 Å². The number of nitrogens with one attached hydrogen (secondary N) is 1. The van der Waals surface area contributed by atoms with E-state index in [1.165, 1.54) is 17.1 Å². The number of hydrogen-bond acceptors (Lipinski definition) is 11. The Morgan fingerprint density at radius 1 is 1.37 bits per heavy atom. The van der Waals surface area contributed by atoms with Crippen molar-refractivity contribution in [3.63, 3.8) is 0 Å². The SMILES string of the molecule is NCCNOP(=O)(O)OCC1OC(n2cnc3c(N)ccnc32)C(O)C1O. The van der Waals surface area contributed by atoms with Crippen LogP contribution < -0.4 is 16.9 Å². The number of fused-ring (bicyclic) bond motifs is 1. The van der Waals surface area contributed by atoms with Gasteiger partial charge in [-0.05, 0) is 6.07 Å². The van der Waals surface area contributed by atoms with Gasteiger partial charge in [0.15, 0.2) is 11.9 Å². The molecule has 0 aromatic carbocycles. The molecule has 0 amide bonds. The zero-order valence-corrected chi connectivity index (χ0v) is 15.0. The number of aliphatic hydroxyl groups excluding tert-OH is 2. The molecule has 1 saturated heterocycles. The molecule has 0 saturated carbocycles. The van der Waals surface area contributed by atoms with Crippen LogP contribution in [-0.4, -0.2) is 67.6 Å². The number of nitrogens with two attached hydrogens (primary N) is 2. The molecular weight excluding hydrogens is 383 g/mol. The third-order valence-corrected chi connectivity index (χ3v) is 4.77. The normalized spacial score (nSPS) is 27.9. The lowest BCUT2D eigenvalue weighted by atomic mass is 10.1. The molecule has 2 aromatic heterocycles. The quantitative estimate of drug-likeness (QED) is 0.164. The number of imidazole rings is 1. The average Bonchev–Trinajstić information content (AvgIpc) is 3.17. The molecule has 8 N–H and O–H groups in total. The maximum atomic E-state index is 11.7. The van der Waals surface area contributed by atoms with Crippen LogP contribution in [0.3, 0.4) is 0 Å². The molecule has 13 nitrogen and oxygen atoms in total. The van der Waals surface area contributed by atoms with Crippen molar-refractivity contribution in [2.45, 2.75) is 24.5 Å². The van der Waals surface area contributed by atoms with Gasteiger partial charge in [-0.1, -0.05) is 0 Å². The van der Waals surface area contributed by atoms with Gasteiger partial charge in [-0.3, -0.25) is 9.09 Å². The lowest BCUT2D eigenvalue weighted by Crippen LogP contribution is -2.33. The van der Waals surface area contributed by atoms with E-state index in [0.717, 1.165) is 0 Å². The number of phosphoric ester groups is 1. The zero-order chi connectivity index (χ0) is 19.6. The smallest absolute Gasteiger partial charge is 0.397 e. The Kier molecular flexibility index (Phi) is 6.05. The number of pyridine rings is 1. The molecule has 0 radical (unpaired) electrons. The van der Waals surface area contributed by atoms with Gasteiger partial charge in [0, 0.05) is 19.3 Å². The van der Waals surface area contributed by atoms with Gasteiger partial charge in [-0.25, -0.2) is 14.5 Å². The number of nitrogen functional groups attached to an aromatic ring is 1. The summed E-state index contributed by atoms with van der Waals surface area (Å²) in [5.74, 6) is 0. The summed E-state index contributed by atoms with van der Waals surface area (Å²) in [5, 5.41) is 20.5. The number of ether oxygens (including phenoxy) is 1. The average molecular weight is 404 g/mol. The topological polar surface area (TPSA) is 200 Å². The van der Waals surface area contributed by atoms with Crippen molar-refractivity contribution in [1.82, 2.24) is 20.0 Å². The maximum Gasteiger partial charge on any atom is 0.488 e. The molecule has 14 heteroatoms. The van der Waals surface area contributed by atoms with Crippen molar-refractivity contribution >= 4 is 24.7 Å². The van der Waals surface area contributed by atoms with Crippen molar-refractivity contribution in [2.75, 3.05) is 25.4 Å². The van der Waals surface area contributed by atoms with E-state index in [1.807, 2.05) is 0 Å². The number of nitrogens with zero attached hydrogens (tertiary/aromatic N) is 3. The predicted octanol–water partition coefficient (Wildman–Crippen LogP) is -1.77. The number of aromatic nitrogens is 3. The second-order valence-electron chi connectivity index (χ2n) is 5.81. The monoisotopic (exact) mass is 404 g/mol. The second-order valence-corrected chi connectivity index (χ2v) is 7.19. The lowest BCUT2D eigenvalue weighted by molar-refractivity contribution is -0.0528. The van der Waals surface area contributed by atoms with Crippen molar-refractivity contribution in [3.8, 4) is 0 Å². The minimum absolute atomic E-state index is 0.140. The van der Waals surface area contributed by atoms with Gasteiger partial charge >= 0.3 is 7.82 Å². The second kappa shape index (κ2) is 8.14. The Bertz CT molecular complexity index is 835. The third-order valence-electron chi connectivity index (χ3n) is 3.93. The predicted molar refractivity (Wildman–Crippen MR) is 91.8 cm³/mol. The molecule has 0 aliphatic carbocycles. The van der Waals surface area contributed by atoms with E-state index in [1.54, 1.807) is 6.07 Å². The lowest BCUT2D eigenvalue weighted by Gasteiger charge is -2.17. The number of anilines is 1. The number of hydroxylamine groups is 1. The number of hydrogen-bond donors (Lipinski definition) is 6. The van der Waals surface area contributed by atoms with Gasteiger partial charge in [0.25, 0.3) is 0 Å². The summed E-state index contributed by atoms with van der Waals surface area (Å²) in [4.78, 5) is 17.8. The van der Waals surface area contributed by atoms with E-state index in [0.29, 0.717) is 16.9 Å². The van der Waals surface area contributed by atoms with Gasteiger partial charge in [-0.15, -0.1) is 0 Å². The standard InChI is InChI=1S/C13H21N6O7P/c14-2-4-18-26-27(22,23)24-5-8-10(20)11(21)13(25-8)19-6-17-9-7(15)1-3-16-12(9)19/h1,3,6,8,10-11,13,18,20-21H,2,4-5,14H2,(H2,15,16)(H,22,23). The van der Waals surface area contributed by atoms with Crippen LogP contribution in [0.2, 0.25) is 0 Å². The van der Waals surface area contributed by atoms with Gasteiger partial charge < -0.3 is 31.3 Å². The van der Waals surface area contributed by atoms with Crippen LogP contribution in [0, 0.1) is 0 Å². The van der Waals surface area contributed by atoms with E-state index < -0.39 is 39.0 Å². The highest BCUT2D eigenvalue weighted by atomic mass is 31.2. The molecule has 3 rings (SSSR count). The van der Waals surface area contributed by atoms with Crippen molar-refractivity contribution in [3.05, 3.63) is 18.6 Å². The number of aliphatic hydroxyl groups is 2. The largest absolute Gasteiger partial charge is 0.488 e. The van der Waals surface area contributed by atoms with Crippen LogP contribution in [0.15, 0.2) is 18.6 Å². The zero-order valence-electron chi connectivity index (χ0n) is 14.1. The summed E-state index contributed by atoms with van der Waals surface area (Å²) in [6, 6.07) is 1.58. The highest BCUT2D eigenvalue weighted by Crippen LogP contribution is 2.43. The van der Waals surface area contributed by atoms with Crippen LogP contribution in [0.1, 0.15) is 6.23 Å². The van der Waals surface area contributed by atoms with Crippen LogP contribution in [0.5, 0.6) is 0 Å². The molecule has 1 aliphatic rings. The molecule has 150 valence electrons. The summed E-state index contributed by atoms with van der Waals surface area (Å²) in [6.07, 6.45) is -2.03. The van der Waals surface area contributed by atoms with Gasteiger partial charge in [-0.2, -0.15) is 10.1 Å². The van der Waals surface area contributed by atoms with Gasteiger partial charge in [0.1, 0.15) is 23.8 Å². The minimum atomic E-state index is -4.43. The molecule has 1 fully saturated rings. The molecule has 5 atom stereocenters. The van der Waals surface area contributed by atoms with Crippen LogP contribution >= 0.6 is 7.82 Å². The third kappa shape index (κ3) is 4.27. The fourth-order valence-corrected chi connectivity index (χ4v) is 3.26. The Hall–Kier alpha value is -1.67. The Labute approximate surface area is 153 Å². The first-order chi connectivity index (χ1) is 12.8. The summed E-state index contributed by atoms with van der Waals surface area (Å²) in [6.45, 7) is -0.175. The Morgan fingerprint density at radius 2 is 2.15 bits per heavy atom. The molecule has 27 heavy (non-hydrogen) atoms. The van der Waals surface area contributed by atoms with Crippen molar-refractivity contribution < 1.29 is 33.6 Å². The van der Waals surface area contributed by atoms with Crippen molar-refractivity contribution in [2.24, 2.45) is 5.73 Å². The van der Waals surface area contributed by atoms with Gasteiger partial charge in [0.05, 0.1) is 18.6 Å². The molecule has 5 unspecified atom stereocenters. The molecule has 1 aliphatic heterocycles. The van der Waals surface area contributed by atoms with E-state index in [4.69, 9.17) is 20.7 Å². The maximum absolute atomic E-state index is 11.7. The molecule has 0 spiro atoms. The first kappa shape index (κ1) is 20.1. The van der Waals surface area contributed by atoms with E-state index >= 15 is 0 Å². The number of phosphoric acid groups is 1. The van der Waals surface area contributed by atoms with Crippen LogP contribution in [0.4, 0.5) is 5.69 Å². The molecule has 0 bridgehead atoms. The first-order valence-corrected chi connectivity index (χ1v) is 9.51. The highest BCUT2D eigenvalue weighted by molar-refractivity contribution is 7.47. The molecule has 2 aromatic rings. The van der Waals surface area contributed by atoms with E-state index in [-0.39, 0.29) is 13.1 Å². The summed E-state index contributed by atoms with van der Waals surface area (Å²) < 4.78 is 28.0. The summed E-state index contributed by atoms with van der Waals surface area (Å²) >= 11 is 0. The Morgan fingerprint density at radius 3 is 2.89 bits per heavy atom. The molecule has 3 heterocycles. The first-order valence-electron chi connectivity index (χ1n) is 8.01. The van der Waals surface area contributed by atoms with Crippen LogP contribution in [-0.2, 0) is 18.5 Å². The Balaban J connectivity index is 1.68. The summed E-state index contributed by atoms with van der Waals surface area (Å²) in [7, 11) is -4.43. The highest BCUT2D eigenvalue weighted by Gasteiger charge is 2.45. The minimum Gasteiger partial charge on any atom is -0.397 e. The fraction of sp³-hybridized carbons (Fsp3) is 0.538. The fourth-order valence-electron chi connectivity index (χ4n) is 2.62. The van der Waals surface area contributed by atoms with E-state index in [9.17, 15) is 19.7 Å². The van der Waals surface area contributed by atoms with Crippen molar-refractivity contribution in [1.29, 1.82) is 0 Å². The number of rotatable bonds is 8. The van der Waals surface area contributed by atoms with Gasteiger partial charge in [0.2, 0.25) is 0 Å².